The van der Waals surface area contributed by atoms with Gasteiger partial charge in [0.2, 0.25) is 0 Å². The van der Waals surface area contributed by atoms with Gasteiger partial charge in [0, 0.05) is 24.7 Å². The highest BCUT2D eigenvalue weighted by Gasteiger charge is 2.34. The Morgan fingerprint density at radius 1 is 1.29 bits per heavy atom. The Balaban J connectivity index is 1.67. The third kappa shape index (κ3) is 5.83. The van der Waals surface area contributed by atoms with Crippen molar-refractivity contribution in [2.45, 2.75) is 83.0 Å². The van der Waals surface area contributed by atoms with E-state index in [0.717, 1.165) is 45.2 Å². The summed E-state index contributed by atoms with van der Waals surface area (Å²) < 4.78 is 5.50. The fourth-order valence-electron chi connectivity index (χ4n) is 2.89. The van der Waals surface area contributed by atoms with E-state index in [1.165, 1.54) is 6.42 Å². The average molecular weight is 297 g/mol. The average Bonchev–Trinajstić information content (AvgIpc) is 3.10. The number of rotatable bonds is 6. The van der Waals surface area contributed by atoms with Crippen molar-refractivity contribution in [2.24, 2.45) is 5.73 Å². The Bertz CT molecular complexity index is 350. The molecular weight excluding hydrogens is 266 g/mol. The maximum Gasteiger partial charge on any atom is 0.410 e. The van der Waals surface area contributed by atoms with E-state index in [2.05, 4.69) is 5.32 Å². The predicted molar refractivity (Wildman–Crippen MR) is 84.2 cm³/mol. The molecule has 3 N–H and O–H groups in total. The number of hydrogen-bond donors (Lipinski definition) is 2. The molecule has 2 fully saturated rings. The second-order valence-corrected chi connectivity index (χ2v) is 7.48. The SMILES string of the molecule is CC(C)(C)OC(=O)N(CCCNC1CCC(N)C1)C1CC1. The molecule has 0 aromatic heterocycles. The van der Waals surface area contributed by atoms with Crippen molar-refractivity contribution in [3.63, 3.8) is 0 Å². The predicted octanol–water partition coefficient (Wildman–Crippen LogP) is 2.25. The zero-order valence-corrected chi connectivity index (χ0v) is 13.7. The second kappa shape index (κ2) is 6.97. The summed E-state index contributed by atoms with van der Waals surface area (Å²) in [6.45, 7) is 7.48. The lowest BCUT2D eigenvalue weighted by Gasteiger charge is -2.27. The summed E-state index contributed by atoms with van der Waals surface area (Å²) in [5, 5.41) is 3.56. The Labute approximate surface area is 128 Å². The zero-order chi connectivity index (χ0) is 15.5. The van der Waals surface area contributed by atoms with E-state index in [1.807, 2.05) is 25.7 Å². The molecule has 5 heteroatoms. The molecule has 0 saturated heterocycles. The molecule has 0 heterocycles. The molecule has 1 amide bonds. The third-order valence-electron chi connectivity index (χ3n) is 4.10. The third-order valence-corrected chi connectivity index (χ3v) is 4.10. The van der Waals surface area contributed by atoms with Crippen molar-refractivity contribution in [3.05, 3.63) is 0 Å². The summed E-state index contributed by atoms with van der Waals surface area (Å²) in [5.74, 6) is 0. The number of hydrogen-bond acceptors (Lipinski definition) is 4. The minimum atomic E-state index is -0.414. The van der Waals surface area contributed by atoms with Crippen LogP contribution >= 0.6 is 0 Å². The Morgan fingerprint density at radius 2 is 2.00 bits per heavy atom. The molecule has 2 aliphatic rings. The summed E-state index contributed by atoms with van der Waals surface area (Å²) in [7, 11) is 0. The van der Waals surface area contributed by atoms with Crippen LogP contribution in [0.2, 0.25) is 0 Å². The van der Waals surface area contributed by atoms with Gasteiger partial charge in [-0.1, -0.05) is 0 Å². The van der Waals surface area contributed by atoms with Crippen molar-refractivity contribution in [2.75, 3.05) is 13.1 Å². The molecule has 0 aromatic rings. The van der Waals surface area contributed by atoms with E-state index in [0.29, 0.717) is 18.1 Å². The molecule has 0 bridgehead atoms. The maximum atomic E-state index is 12.2. The van der Waals surface area contributed by atoms with Crippen LogP contribution in [-0.2, 0) is 4.74 Å². The highest BCUT2D eigenvalue weighted by atomic mass is 16.6. The van der Waals surface area contributed by atoms with Crippen molar-refractivity contribution >= 4 is 6.09 Å². The molecule has 0 aliphatic heterocycles. The number of nitrogens with one attached hydrogen (secondary N) is 1. The van der Waals surface area contributed by atoms with Gasteiger partial charge in [-0.3, -0.25) is 0 Å². The fourth-order valence-corrected chi connectivity index (χ4v) is 2.89. The fraction of sp³-hybridized carbons (Fsp3) is 0.938. The zero-order valence-electron chi connectivity index (χ0n) is 13.7. The van der Waals surface area contributed by atoms with Gasteiger partial charge in [0.05, 0.1) is 0 Å². The van der Waals surface area contributed by atoms with E-state index < -0.39 is 5.60 Å². The molecule has 2 atom stereocenters. The monoisotopic (exact) mass is 297 g/mol. The first kappa shape index (κ1) is 16.6. The summed E-state index contributed by atoms with van der Waals surface area (Å²) in [5.41, 5.74) is 5.50. The number of ether oxygens (including phenoxy) is 1. The lowest BCUT2D eigenvalue weighted by molar-refractivity contribution is 0.0232. The summed E-state index contributed by atoms with van der Waals surface area (Å²) >= 11 is 0. The summed E-state index contributed by atoms with van der Waals surface area (Å²) in [6, 6.07) is 1.34. The molecule has 0 aromatic carbocycles. The minimum absolute atomic E-state index is 0.159. The van der Waals surface area contributed by atoms with Crippen molar-refractivity contribution in [3.8, 4) is 0 Å². The van der Waals surface area contributed by atoms with Crippen LogP contribution in [0.15, 0.2) is 0 Å². The van der Waals surface area contributed by atoms with Crippen LogP contribution in [0.5, 0.6) is 0 Å². The Hall–Kier alpha value is -0.810. The number of nitrogens with two attached hydrogens (primary N) is 1. The minimum Gasteiger partial charge on any atom is -0.444 e. The van der Waals surface area contributed by atoms with Gasteiger partial charge in [-0.25, -0.2) is 4.79 Å². The second-order valence-electron chi connectivity index (χ2n) is 7.48. The van der Waals surface area contributed by atoms with Gasteiger partial charge in [0.15, 0.2) is 0 Å². The van der Waals surface area contributed by atoms with Crippen LogP contribution in [0.3, 0.4) is 0 Å². The molecule has 0 radical (unpaired) electrons. The first-order chi connectivity index (χ1) is 9.85. The normalized spacial score (nSPS) is 25.9. The topological polar surface area (TPSA) is 67.6 Å². The molecule has 2 rings (SSSR count). The van der Waals surface area contributed by atoms with Gasteiger partial charge in [-0.15, -0.1) is 0 Å². The Kier molecular flexibility index (Phi) is 5.49. The molecule has 122 valence electrons. The van der Waals surface area contributed by atoms with Crippen LogP contribution in [0.25, 0.3) is 0 Å². The van der Waals surface area contributed by atoms with E-state index in [9.17, 15) is 4.79 Å². The van der Waals surface area contributed by atoms with Crippen LogP contribution in [0.1, 0.15) is 59.3 Å². The van der Waals surface area contributed by atoms with Crippen molar-refractivity contribution in [1.82, 2.24) is 10.2 Å². The molecule has 2 saturated carbocycles. The molecule has 21 heavy (non-hydrogen) atoms. The number of nitrogens with zero attached hydrogens (tertiary/aromatic N) is 1. The maximum absolute atomic E-state index is 12.2. The molecule has 0 spiro atoms. The number of amides is 1. The molecule has 2 unspecified atom stereocenters. The van der Waals surface area contributed by atoms with Gasteiger partial charge < -0.3 is 20.7 Å². The molecule has 2 aliphatic carbocycles. The van der Waals surface area contributed by atoms with Gasteiger partial charge in [-0.05, 0) is 65.8 Å². The van der Waals surface area contributed by atoms with Gasteiger partial charge in [-0.2, -0.15) is 0 Å². The first-order valence-corrected chi connectivity index (χ1v) is 8.34. The van der Waals surface area contributed by atoms with Crippen LogP contribution in [0.4, 0.5) is 4.79 Å². The summed E-state index contributed by atoms with van der Waals surface area (Å²) in [6.07, 6.45) is 6.44. The van der Waals surface area contributed by atoms with Crippen LogP contribution in [-0.4, -0.2) is 47.8 Å². The molecular formula is C16H31N3O2. The largest absolute Gasteiger partial charge is 0.444 e. The van der Waals surface area contributed by atoms with Gasteiger partial charge in [0.1, 0.15) is 5.60 Å². The Morgan fingerprint density at radius 3 is 2.52 bits per heavy atom. The van der Waals surface area contributed by atoms with Gasteiger partial charge >= 0.3 is 6.09 Å². The van der Waals surface area contributed by atoms with E-state index in [1.54, 1.807) is 0 Å². The first-order valence-electron chi connectivity index (χ1n) is 8.34. The lowest BCUT2D eigenvalue weighted by Crippen LogP contribution is -2.40. The van der Waals surface area contributed by atoms with Crippen LogP contribution < -0.4 is 11.1 Å². The van der Waals surface area contributed by atoms with E-state index in [-0.39, 0.29) is 6.09 Å². The van der Waals surface area contributed by atoms with Crippen LogP contribution in [0, 0.1) is 0 Å². The lowest BCUT2D eigenvalue weighted by atomic mass is 10.2. The highest BCUT2D eigenvalue weighted by molar-refractivity contribution is 5.69. The van der Waals surface area contributed by atoms with E-state index >= 15 is 0 Å². The highest BCUT2D eigenvalue weighted by Crippen LogP contribution is 2.28. The molecule has 5 nitrogen and oxygen atoms in total. The quantitative estimate of drug-likeness (QED) is 0.738. The smallest absolute Gasteiger partial charge is 0.410 e. The van der Waals surface area contributed by atoms with Crippen molar-refractivity contribution in [1.29, 1.82) is 0 Å². The van der Waals surface area contributed by atoms with E-state index in [4.69, 9.17) is 10.5 Å². The van der Waals surface area contributed by atoms with Gasteiger partial charge in [0.25, 0.3) is 0 Å². The van der Waals surface area contributed by atoms with Crippen molar-refractivity contribution < 1.29 is 9.53 Å². The number of carbonyl (C=O) groups excluding carboxylic acids is 1. The summed E-state index contributed by atoms with van der Waals surface area (Å²) in [4.78, 5) is 14.1. The standard InChI is InChI=1S/C16H31N3O2/c1-16(2,3)21-15(20)19(14-7-8-14)10-4-9-18-13-6-5-12(17)11-13/h12-14,18H,4-11,17H2,1-3H3. The number of carbonyl (C=O) groups is 1.